The average molecular weight is 1210 g/mol. The molecule has 11 nitrogen and oxygen atoms in total. The summed E-state index contributed by atoms with van der Waals surface area (Å²) in [5.41, 5.74) is 31.2. The number of anilines is 2. The Bertz CT molecular complexity index is 5060. The molecule has 93 heavy (non-hydrogen) atoms. The first-order chi connectivity index (χ1) is 45.6. The highest BCUT2D eigenvalue weighted by molar-refractivity contribution is 6.04. The third kappa shape index (κ3) is 10.4. The summed E-state index contributed by atoms with van der Waals surface area (Å²) < 4.78 is 11.3. The van der Waals surface area contributed by atoms with Crippen LogP contribution in [0, 0.1) is 27.7 Å². The van der Waals surface area contributed by atoms with E-state index in [1.165, 1.54) is 0 Å². The molecule has 0 radical (unpaired) electrons. The van der Waals surface area contributed by atoms with E-state index in [2.05, 4.69) is 271 Å². The molecule has 0 atom stereocenters. The molecule has 0 saturated heterocycles. The van der Waals surface area contributed by atoms with E-state index in [0.717, 1.165) is 190 Å². The maximum Gasteiger partial charge on any atom is 0.118 e. The summed E-state index contributed by atoms with van der Waals surface area (Å²) in [6.07, 6.45) is 17.0. The molecule has 0 saturated carbocycles. The molecular weight excluding hydrogens is 1140 g/mol. The molecule has 6 aromatic carbocycles. The summed E-state index contributed by atoms with van der Waals surface area (Å²) in [6, 6.07) is 68.3. The topological polar surface area (TPSA) is 145 Å². The van der Waals surface area contributed by atoms with Crippen molar-refractivity contribution in [1.29, 1.82) is 0 Å². The average Bonchev–Trinajstić information content (AvgIpc) is 1.70. The number of aromatic amines is 4. The summed E-state index contributed by atoms with van der Waals surface area (Å²) in [5.74, 6) is 1.55. The van der Waals surface area contributed by atoms with E-state index in [4.69, 9.17) is 29.4 Å². The van der Waals surface area contributed by atoms with Gasteiger partial charge < -0.3 is 34.7 Å². The minimum absolute atomic E-state index is 0.714. The van der Waals surface area contributed by atoms with Crippen LogP contribution in [-0.4, -0.2) is 54.1 Å². The Kier molecular flexibility index (Phi) is 13.9. The standard InChI is InChI=1S/C82H63N9O2/c1-47-7-15-51(16-8-47)75-59-31-35-63(83-59)79(55-23-27-57(92-5)28-24-55)64-36-32-60(84-64)76(52-17-9-48(2)10-18-52)68-40-44-72(88-68)81(71-43-39-67(75)87-71)91-82-73-45-41-69(89-73)77(53-19-11-49(3)12-20-53)61-33-37-65(85-61)80(56-25-29-58(93-6)30-26-56)66-38-34-62(86-66)78(70-42-46-74(82)90-70)54-21-13-50(4)14-22-54/h7-46,83,85,88,90-91H,1-6H3. The first-order valence-corrected chi connectivity index (χ1v) is 31.2. The lowest BCUT2D eigenvalue weighted by atomic mass is 10.0. The lowest BCUT2D eigenvalue weighted by Gasteiger charge is -2.11. The number of hydrogen-bond acceptors (Lipinski definition) is 7. The largest absolute Gasteiger partial charge is 0.497 e. The van der Waals surface area contributed by atoms with Gasteiger partial charge in [-0.1, -0.05) is 144 Å². The Labute approximate surface area is 538 Å². The highest BCUT2D eigenvalue weighted by Crippen LogP contribution is 2.43. The summed E-state index contributed by atoms with van der Waals surface area (Å²) in [4.78, 5) is 38.3. The SMILES string of the molecule is COc1ccc(-c2c3nc(c(-c4ccc(C)cc4)c4ccc([nH]4)c(Nc4c5nc(c(-c6ccc(C)cc6)c6ccc([nH]6)c(-c6ccc(OC)cc6)c6nc(c(-c7ccc(C)cc7)c7ccc4[nH]7)C=C6)C=C5)c4nc(c(-c5ccc(C)cc5)c5ccc2[nH]5)C=C4)C=C3)cc1. The third-order valence-electron chi connectivity index (χ3n) is 17.9. The summed E-state index contributed by atoms with van der Waals surface area (Å²) >= 11 is 0. The second-order valence-electron chi connectivity index (χ2n) is 24.1. The Morgan fingerprint density at radius 3 is 0.667 bits per heavy atom. The van der Waals surface area contributed by atoms with Crippen LogP contribution in [0.25, 0.3) is 160 Å². The molecule has 0 spiro atoms. The highest BCUT2D eigenvalue weighted by Gasteiger charge is 2.23. The minimum atomic E-state index is 0.714. The van der Waals surface area contributed by atoms with Crippen LogP contribution < -0.4 is 14.8 Å². The number of methoxy groups -OCH3 is 2. The fourth-order valence-electron chi connectivity index (χ4n) is 13.0. The van der Waals surface area contributed by atoms with Crippen molar-refractivity contribution in [3.05, 3.63) is 262 Å². The molecule has 448 valence electrons. The number of aromatic nitrogens is 8. The summed E-state index contributed by atoms with van der Waals surface area (Å²) in [6.45, 7) is 8.46. The second kappa shape index (κ2) is 23.1. The fraction of sp³-hybridized carbons (Fsp3) is 0.0732. The fourth-order valence-corrected chi connectivity index (χ4v) is 13.0. The van der Waals surface area contributed by atoms with E-state index >= 15 is 0 Å². The van der Waals surface area contributed by atoms with Gasteiger partial charge in [-0.3, -0.25) is 0 Å². The van der Waals surface area contributed by atoms with Crippen molar-refractivity contribution < 1.29 is 9.47 Å². The Balaban J connectivity index is 1.01. The number of nitrogens with one attached hydrogen (secondary N) is 5. The first kappa shape index (κ1) is 56.2. The molecule has 16 bridgehead atoms. The lowest BCUT2D eigenvalue weighted by Crippen LogP contribution is -1.98. The van der Waals surface area contributed by atoms with Crippen LogP contribution in [0.2, 0.25) is 0 Å². The molecule has 0 fully saturated rings. The van der Waals surface area contributed by atoms with Gasteiger partial charge in [0, 0.05) is 66.5 Å². The Morgan fingerprint density at radius 2 is 0.430 bits per heavy atom. The smallest absolute Gasteiger partial charge is 0.118 e. The quantitative estimate of drug-likeness (QED) is 0.0917. The zero-order chi connectivity index (χ0) is 62.8. The van der Waals surface area contributed by atoms with E-state index < -0.39 is 0 Å². The van der Waals surface area contributed by atoms with Gasteiger partial charge in [0.1, 0.15) is 11.5 Å². The van der Waals surface area contributed by atoms with Crippen LogP contribution in [0.5, 0.6) is 11.5 Å². The lowest BCUT2D eigenvalue weighted by molar-refractivity contribution is 0.415. The number of aryl methyl sites for hydroxylation is 4. The van der Waals surface area contributed by atoms with Crippen LogP contribution in [0.4, 0.5) is 11.4 Å². The molecule has 10 heterocycles. The molecule has 4 aliphatic rings. The first-order valence-electron chi connectivity index (χ1n) is 31.2. The van der Waals surface area contributed by atoms with Gasteiger partial charge in [-0.2, -0.15) is 0 Å². The van der Waals surface area contributed by atoms with Crippen molar-refractivity contribution in [3.8, 4) is 78.3 Å². The number of nitrogens with zero attached hydrogens (tertiary/aromatic N) is 4. The molecule has 4 aliphatic heterocycles. The van der Waals surface area contributed by atoms with Gasteiger partial charge in [-0.25, -0.2) is 19.9 Å². The monoisotopic (exact) mass is 1210 g/mol. The molecule has 11 heteroatoms. The number of benzene rings is 6. The summed E-state index contributed by atoms with van der Waals surface area (Å²) in [5, 5.41) is 4.09. The molecule has 16 rings (SSSR count). The van der Waals surface area contributed by atoms with E-state index in [1.54, 1.807) is 14.2 Å². The van der Waals surface area contributed by atoms with Crippen molar-refractivity contribution in [1.82, 2.24) is 39.9 Å². The van der Waals surface area contributed by atoms with Gasteiger partial charge in [-0.15, -0.1) is 0 Å². The van der Waals surface area contributed by atoms with Gasteiger partial charge in [0.25, 0.3) is 0 Å². The number of fused-ring (bicyclic) bond motifs is 16. The maximum atomic E-state index is 5.69. The van der Waals surface area contributed by atoms with Gasteiger partial charge in [0.2, 0.25) is 0 Å². The van der Waals surface area contributed by atoms with Crippen LogP contribution in [0.1, 0.15) is 67.8 Å². The van der Waals surface area contributed by atoms with E-state index in [9.17, 15) is 0 Å². The zero-order valence-corrected chi connectivity index (χ0v) is 52.2. The number of H-pyrrole nitrogens is 4. The van der Waals surface area contributed by atoms with Crippen LogP contribution in [-0.2, 0) is 0 Å². The van der Waals surface area contributed by atoms with Crippen LogP contribution in [0.3, 0.4) is 0 Å². The van der Waals surface area contributed by atoms with Crippen molar-refractivity contribution in [2.45, 2.75) is 27.7 Å². The van der Waals surface area contributed by atoms with E-state index in [0.29, 0.717) is 11.4 Å². The van der Waals surface area contributed by atoms with Crippen molar-refractivity contribution in [2.75, 3.05) is 19.5 Å². The molecule has 5 N–H and O–H groups in total. The van der Waals surface area contributed by atoms with Gasteiger partial charge >= 0.3 is 0 Å². The van der Waals surface area contributed by atoms with Gasteiger partial charge in [0.15, 0.2) is 0 Å². The summed E-state index contributed by atoms with van der Waals surface area (Å²) in [7, 11) is 3.39. The molecular formula is C82H63N9O2. The minimum Gasteiger partial charge on any atom is -0.497 e. The second-order valence-corrected chi connectivity index (χ2v) is 24.1. The van der Waals surface area contributed by atoms with Crippen molar-refractivity contribution in [3.63, 3.8) is 0 Å². The zero-order valence-electron chi connectivity index (χ0n) is 52.2. The van der Waals surface area contributed by atoms with Crippen molar-refractivity contribution in [2.24, 2.45) is 0 Å². The van der Waals surface area contributed by atoms with Gasteiger partial charge in [-0.05, 0) is 182 Å². The van der Waals surface area contributed by atoms with E-state index in [1.807, 2.05) is 24.3 Å². The van der Waals surface area contributed by atoms with Gasteiger partial charge in [0.05, 0.1) is 82.2 Å². The normalized spacial score (nSPS) is 12.2. The molecule has 0 unspecified atom stereocenters. The molecule has 0 amide bonds. The molecule has 12 aromatic rings. The van der Waals surface area contributed by atoms with Crippen LogP contribution >= 0.6 is 0 Å². The highest BCUT2D eigenvalue weighted by atomic mass is 16.5. The van der Waals surface area contributed by atoms with E-state index in [-0.39, 0.29) is 0 Å². The van der Waals surface area contributed by atoms with Crippen molar-refractivity contribution >= 4 is 104 Å². The number of rotatable bonds is 10. The molecule has 0 aliphatic carbocycles. The Hall–Kier alpha value is -12.1. The Morgan fingerprint density at radius 1 is 0.237 bits per heavy atom. The van der Waals surface area contributed by atoms with Crippen LogP contribution in [0.15, 0.2) is 194 Å². The predicted octanol–water partition coefficient (Wildman–Crippen LogP) is 20.6. The maximum absolute atomic E-state index is 5.69. The predicted molar refractivity (Wildman–Crippen MR) is 386 cm³/mol. The third-order valence-corrected chi connectivity index (χ3v) is 17.9. The molecule has 6 aromatic heterocycles. The number of ether oxygens (including phenoxy) is 2. The number of hydrogen-bond donors (Lipinski definition) is 5.